The SMILES string of the molecule is C.C.CC(C)(C)OC(=O)N1CCCCC(CO)C1.CC(C)(C)OC(=O)OC(=O)OC(C)(C)C.OCC1CCCCCC1. The summed E-state index contributed by atoms with van der Waals surface area (Å²) < 4.78 is 19.1. The number of hydrogen-bond donors (Lipinski definition) is 2. The Kier molecular flexibility index (Phi) is 22.8. The van der Waals surface area contributed by atoms with E-state index in [0.29, 0.717) is 19.1 Å². The molecule has 0 aromatic rings. The molecular formula is C32H65NO9. The highest BCUT2D eigenvalue weighted by Gasteiger charge is 2.26. The third kappa shape index (κ3) is 25.6. The van der Waals surface area contributed by atoms with Gasteiger partial charge in [0.25, 0.3) is 0 Å². The molecule has 0 aromatic heterocycles. The van der Waals surface area contributed by atoms with Crippen LogP contribution in [0.3, 0.4) is 0 Å². The summed E-state index contributed by atoms with van der Waals surface area (Å²) in [4.78, 5) is 35.6. The zero-order chi connectivity index (χ0) is 31.0. The smallest absolute Gasteiger partial charge is 0.444 e. The van der Waals surface area contributed by atoms with Crippen molar-refractivity contribution in [2.75, 3.05) is 26.3 Å². The molecule has 0 bridgehead atoms. The minimum Gasteiger partial charge on any atom is -0.444 e. The van der Waals surface area contributed by atoms with Gasteiger partial charge in [0.2, 0.25) is 0 Å². The second-order valence-electron chi connectivity index (χ2n) is 13.5. The van der Waals surface area contributed by atoms with Gasteiger partial charge in [-0.1, -0.05) is 47.0 Å². The topological polar surface area (TPSA) is 132 Å². The maximum atomic E-state index is 11.9. The molecule has 2 fully saturated rings. The van der Waals surface area contributed by atoms with E-state index in [4.69, 9.17) is 24.4 Å². The number of rotatable bonds is 2. The molecule has 1 unspecified atom stereocenters. The lowest BCUT2D eigenvalue weighted by Gasteiger charge is -2.27. The van der Waals surface area contributed by atoms with Crippen LogP contribution in [-0.2, 0) is 18.9 Å². The molecule has 42 heavy (non-hydrogen) atoms. The lowest BCUT2D eigenvalue weighted by Crippen LogP contribution is -2.39. The molecule has 2 aliphatic rings. The van der Waals surface area contributed by atoms with Crippen LogP contribution in [-0.4, -0.2) is 76.6 Å². The van der Waals surface area contributed by atoms with Crippen LogP contribution in [0.15, 0.2) is 0 Å². The maximum Gasteiger partial charge on any atom is 0.519 e. The van der Waals surface area contributed by atoms with Crippen LogP contribution in [0.5, 0.6) is 0 Å². The van der Waals surface area contributed by atoms with Gasteiger partial charge >= 0.3 is 18.4 Å². The van der Waals surface area contributed by atoms with Crippen molar-refractivity contribution in [3.63, 3.8) is 0 Å². The fourth-order valence-corrected chi connectivity index (χ4v) is 4.03. The molecular weight excluding hydrogens is 542 g/mol. The van der Waals surface area contributed by atoms with E-state index in [1.54, 1.807) is 46.4 Å². The van der Waals surface area contributed by atoms with E-state index in [2.05, 4.69) is 4.74 Å². The van der Waals surface area contributed by atoms with Gasteiger partial charge < -0.3 is 34.1 Å². The van der Waals surface area contributed by atoms with Crippen molar-refractivity contribution in [2.24, 2.45) is 11.8 Å². The monoisotopic (exact) mass is 607 g/mol. The maximum absolute atomic E-state index is 11.9. The summed E-state index contributed by atoms with van der Waals surface area (Å²) in [5.74, 6) is 0.836. The van der Waals surface area contributed by atoms with Gasteiger partial charge in [-0.3, -0.25) is 0 Å². The molecule has 2 rings (SSSR count). The number of likely N-dealkylation sites (tertiary alicyclic amines) is 1. The Morgan fingerprint density at radius 2 is 1.00 bits per heavy atom. The predicted molar refractivity (Wildman–Crippen MR) is 168 cm³/mol. The molecule has 1 saturated heterocycles. The summed E-state index contributed by atoms with van der Waals surface area (Å²) in [6, 6.07) is 0. The standard InChI is InChI=1S/C12H23NO3.C10H18O5.C8H16O.2CH4/c1-12(2,3)16-11(15)13-7-5-4-6-10(8-13)9-14;1-9(2,3)14-7(11)13-8(12)15-10(4,5)6;9-7-8-5-3-1-2-4-6-8;;/h10,14H,4-9H2,1-3H3;1-6H3;8-9H,1-7H2;2*1H4. The van der Waals surface area contributed by atoms with Crippen molar-refractivity contribution in [2.45, 2.75) is 152 Å². The molecule has 0 aromatic carbocycles. The zero-order valence-electron chi connectivity index (χ0n) is 26.5. The van der Waals surface area contributed by atoms with E-state index in [-0.39, 0.29) is 33.5 Å². The molecule has 10 heteroatoms. The first kappa shape index (κ1) is 44.4. The van der Waals surface area contributed by atoms with E-state index >= 15 is 0 Å². The van der Waals surface area contributed by atoms with E-state index in [1.807, 2.05) is 20.8 Å². The van der Waals surface area contributed by atoms with Gasteiger partial charge in [-0.05, 0) is 99.8 Å². The van der Waals surface area contributed by atoms with Crippen LogP contribution < -0.4 is 0 Å². The molecule has 1 aliphatic heterocycles. The van der Waals surface area contributed by atoms with Gasteiger partial charge in [-0.2, -0.15) is 0 Å². The average Bonchev–Trinajstić information content (AvgIpc) is 3.19. The second-order valence-corrected chi connectivity index (χ2v) is 13.5. The number of hydrogen-bond acceptors (Lipinski definition) is 9. The third-order valence-electron chi connectivity index (χ3n) is 5.86. The molecule has 0 radical (unpaired) electrons. The Hall–Kier alpha value is -2.07. The number of ether oxygens (including phenoxy) is 4. The first-order chi connectivity index (χ1) is 18.3. The van der Waals surface area contributed by atoms with Gasteiger partial charge in [0, 0.05) is 26.3 Å². The molecule has 1 atom stereocenters. The van der Waals surface area contributed by atoms with Gasteiger partial charge in [0.15, 0.2) is 0 Å². The van der Waals surface area contributed by atoms with E-state index in [1.165, 1.54) is 38.5 Å². The van der Waals surface area contributed by atoms with Gasteiger partial charge in [0.1, 0.15) is 16.8 Å². The minimum absolute atomic E-state index is 0. The molecule has 1 heterocycles. The van der Waals surface area contributed by atoms with Crippen LogP contribution in [0.25, 0.3) is 0 Å². The van der Waals surface area contributed by atoms with Crippen molar-refractivity contribution in [3.05, 3.63) is 0 Å². The second kappa shape index (κ2) is 21.6. The number of carbonyl (C=O) groups is 3. The molecule has 1 aliphatic carbocycles. The fraction of sp³-hybridized carbons (Fsp3) is 0.906. The summed E-state index contributed by atoms with van der Waals surface area (Å²) in [5, 5.41) is 18.0. The van der Waals surface area contributed by atoms with Crippen molar-refractivity contribution in [1.82, 2.24) is 4.90 Å². The van der Waals surface area contributed by atoms with Crippen LogP contribution in [0.2, 0.25) is 0 Å². The fourth-order valence-electron chi connectivity index (χ4n) is 4.03. The molecule has 252 valence electrons. The number of carbonyl (C=O) groups excluding carboxylic acids is 3. The van der Waals surface area contributed by atoms with Gasteiger partial charge in [-0.25, -0.2) is 14.4 Å². The zero-order valence-corrected chi connectivity index (χ0v) is 26.5. The van der Waals surface area contributed by atoms with Gasteiger partial charge in [0.05, 0.1) is 0 Å². The Morgan fingerprint density at radius 1 is 0.619 bits per heavy atom. The highest BCUT2D eigenvalue weighted by Crippen LogP contribution is 2.22. The number of aliphatic hydroxyl groups excluding tert-OH is 2. The van der Waals surface area contributed by atoms with E-state index < -0.39 is 29.1 Å². The predicted octanol–water partition coefficient (Wildman–Crippen LogP) is 8.11. The normalized spacial score (nSPS) is 18.0. The van der Waals surface area contributed by atoms with Crippen molar-refractivity contribution in [3.8, 4) is 0 Å². The summed E-state index contributed by atoms with van der Waals surface area (Å²) in [6.45, 7) is 17.5. The van der Waals surface area contributed by atoms with Crippen LogP contribution in [0.1, 0.15) is 135 Å². The van der Waals surface area contributed by atoms with Crippen molar-refractivity contribution in [1.29, 1.82) is 0 Å². The average molecular weight is 608 g/mol. The number of aliphatic hydroxyl groups is 2. The van der Waals surface area contributed by atoms with Crippen molar-refractivity contribution >= 4 is 18.4 Å². The lowest BCUT2D eigenvalue weighted by atomic mass is 10.0. The molecule has 1 saturated carbocycles. The number of amides is 1. The van der Waals surface area contributed by atoms with Crippen LogP contribution in [0.4, 0.5) is 14.4 Å². The molecule has 0 spiro atoms. The van der Waals surface area contributed by atoms with E-state index in [9.17, 15) is 14.4 Å². The highest BCUT2D eigenvalue weighted by atomic mass is 16.8. The first-order valence-electron chi connectivity index (χ1n) is 14.7. The Labute approximate surface area is 256 Å². The number of nitrogens with zero attached hydrogens (tertiary/aromatic N) is 1. The first-order valence-corrected chi connectivity index (χ1v) is 14.7. The molecule has 2 N–H and O–H groups in total. The van der Waals surface area contributed by atoms with Crippen LogP contribution >= 0.6 is 0 Å². The molecule has 1 amide bonds. The third-order valence-corrected chi connectivity index (χ3v) is 5.86. The summed E-state index contributed by atoms with van der Waals surface area (Å²) >= 11 is 0. The molecule has 10 nitrogen and oxygen atoms in total. The lowest BCUT2D eigenvalue weighted by molar-refractivity contribution is -0.0294. The van der Waals surface area contributed by atoms with Gasteiger partial charge in [-0.15, -0.1) is 0 Å². The summed E-state index contributed by atoms with van der Waals surface area (Å²) in [5.41, 5.74) is -1.84. The minimum atomic E-state index is -1.06. The van der Waals surface area contributed by atoms with Crippen molar-refractivity contribution < 1.29 is 43.5 Å². The Balaban J connectivity index is -0.000000549. The van der Waals surface area contributed by atoms with E-state index in [0.717, 1.165) is 25.8 Å². The Bertz CT molecular complexity index is 702. The summed E-state index contributed by atoms with van der Waals surface area (Å²) in [7, 11) is 0. The quantitative estimate of drug-likeness (QED) is 0.138. The summed E-state index contributed by atoms with van der Waals surface area (Å²) in [6.07, 6.45) is 8.66. The largest absolute Gasteiger partial charge is 0.519 e. The highest BCUT2D eigenvalue weighted by molar-refractivity contribution is 5.77. The Morgan fingerprint density at radius 3 is 1.38 bits per heavy atom. The van der Waals surface area contributed by atoms with Crippen LogP contribution in [0, 0.1) is 11.8 Å².